The monoisotopic (exact) mass is 559 g/mol. The molecule has 0 unspecified atom stereocenters. The second-order valence-corrected chi connectivity index (χ2v) is 12.4. The van der Waals surface area contributed by atoms with Crippen LogP contribution >= 0.6 is 0 Å². The molecule has 4 aromatic rings. The summed E-state index contributed by atoms with van der Waals surface area (Å²) in [5, 5.41) is 0. The molecule has 3 aromatic heterocycles. The lowest BCUT2D eigenvalue weighted by molar-refractivity contribution is 0.0400. The van der Waals surface area contributed by atoms with Crippen molar-refractivity contribution in [1.29, 1.82) is 0 Å². The summed E-state index contributed by atoms with van der Waals surface area (Å²) in [7, 11) is 2.22. The lowest BCUT2D eigenvalue weighted by atomic mass is 9.71. The molecule has 2 aliphatic rings. The Bertz CT molecular complexity index is 1530. The van der Waals surface area contributed by atoms with E-state index in [1.54, 1.807) is 12.1 Å². The lowest BCUT2D eigenvalue weighted by Gasteiger charge is -2.46. The Labute approximate surface area is 240 Å². The van der Waals surface area contributed by atoms with E-state index in [-0.39, 0.29) is 6.04 Å². The Morgan fingerprint density at radius 2 is 1.56 bits per heavy atom. The van der Waals surface area contributed by atoms with Crippen molar-refractivity contribution >= 4 is 11.0 Å². The largest absolute Gasteiger partial charge is 0.326 e. The highest BCUT2D eigenvalue weighted by Gasteiger charge is 2.36. The van der Waals surface area contributed by atoms with E-state index in [0.29, 0.717) is 45.5 Å². The van der Waals surface area contributed by atoms with Crippen molar-refractivity contribution in [2.75, 3.05) is 33.2 Å². The number of fused-ring (bicyclic) bond motifs is 1. The summed E-state index contributed by atoms with van der Waals surface area (Å²) in [4.78, 5) is 22.8. The zero-order valence-electron chi connectivity index (χ0n) is 24.5. The normalized spacial score (nSPS) is 18.1. The van der Waals surface area contributed by atoms with Crippen molar-refractivity contribution in [1.82, 2.24) is 34.3 Å². The van der Waals surface area contributed by atoms with Gasteiger partial charge in [0.2, 0.25) is 0 Å². The fourth-order valence-corrected chi connectivity index (χ4v) is 6.63. The molecule has 7 nitrogen and oxygen atoms in total. The zero-order chi connectivity index (χ0) is 28.7. The van der Waals surface area contributed by atoms with Crippen LogP contribution in [0.3, 0.4) is 0 Å². The Balaban J connectivity index is 1.14. The van der Waals surface area contributed by atoms with E-state index in [4.69, 9.17) is 0 Å². The molecule has 5 heterocycles. The quantitative estimate of drug-likeness (QED) is 0.291. The average Bonchev–Trinajstić information content (AvgIpc) is 3.30. The summed E-state index contributed by atoms with van der Waals surface area (Å²) in [6, 6.07) is 4.92. The Hall–Kier alpha value is -3.30. The van der Waals surface area contributed by atoms with E-state index in [1.165, 1.54) is 51.0 Å². The molecule has 0 radical (unpaired) electrons. The molecule has 216 valence electrons. The van der Waals surface area contributed by atoms with Gasteiger partial charge in [0.25, 0.3) is 0 Å². The summed E-state index contributed by atoms with van der Waals surface area (Å²) < 4.78 is 32.0. The topological polar surface area (TPSA) is 63.0 Å². The van der Waals surface area contributed by atoms with Gasteiger partial charge in [0.1, 0.15) is 23.0 Å². The molecule has 9 heteroatoms. The second-order valence-electron chi connectivity index (χ2n) is 12.4. The maximum absolute atomic E-state index is 15.0. The van der Waals surface area contributed by atoms with Crippen molar-refractivity contribution in [2.45, 2.75) is 65.5 Å². The fraction of sp³-hybridized carbons (Fsp3) is 0.500. The molecule has 1 spiro atoms. The van der Waals surface area contributed by atoms with Crippen LogP contribution in [0, 0.1) is 24.0 Å². The van der Waals surface area contributed by atoms with Gasteiger partial charge in [0, 0.05) is 41.8 Å². The summed E-state index contributed by atoms with van der Waals surface area (Å²) in [5.74, 6) is 0.383. The van der Waals surface area contributed by atoms with Crippen molar-refractivity contribution in [3.8, 4) is 11.1 Å². The molecule has 0 amide bonds. The molecule has 0 atom stereocenters. The number of pyridine rings is 1. The molecular weight excluding hydrogens is 520 g/mol. The molecule has 0 bridgehead atoms. The van der Waals surface area contributed by atoms with Gasteiger partial charge in [-0.1, -0.05) is 0 Å². The molecule has 41 heavy (non-hydrogen) atoms. The number of halogens is 2. The number of piperidine rings is 2. The average molecular weight is 560 g/mol. The van der Waals surface area contributed by atoms with E-state index in [0.717, 1.165) is 31.0 Å². The SMILES string of the molecule is Cc1nc2c(F)cc(-c3cc(Cc4ncc(CN5CCC6(CCN(C)CC6)CC5)cn4)ncc3F)cc2n1C(C)C. The smallest absolute Gasteiger partial charge is 0.151 e. The van der Waals surface area contributed by atoms with Crippen LogP contribution in [0.2, 0.25) is 0 Å². The number of aryl methyl sites for hydroxylation is 1. The highest BCUT2D eigenvalue weighted by molar-refractivity contribution is 5.83. The van der Waals surface area contributed by atoms with E-state index in [1.807, 2.05) is 37.7 Å². The minimum atomic E-state index is -0.500. The van der Waals surface area contributed by atoms with Crippen LogP contribution in [0.1, 0.15) is 68.5 Å². The van der Waals surface area contributed by atoms with Crippen LogP contribution in [-0.4, -0.2) is 67.5 Å². The van der Waals surface area contributed by atoms with Gasteiger partial charge in [-0.3, -0.25) is 9.88 Å². The van der Waals surface area contributed by atoms with Crippen LogP contribution in [0.15, 0.2) is 36.8 Å². The third-order valence-corrected chi connectivity index (χ3v) is 9.13. The predicted molar refractivity (Wildman–Crippen MR) is 157 cm³/mol. The van der Waals surface area contributed by atoms with E-state index < -0.39 is 11.6 Å². The van der Waals surface area contributed by atoms with Crippen molar-refractivity contribution < 1.29 is 8.78 Å². The van der Waals surface area contributed by atoms with Gasteiger partial charge in [-0.2, -0.15) is 0 Å². The second kappa shape index (κ2) is 11.2. The van der Waals surface area contributed by atoms with Gasteiger partial charge >= 0.3 is 0 Å². The number of hydrogen-bond donors (Lipinski definition) is 0. The lowest BCUT2D eigenvalue weighted by Crippen LogP contribution is -2.45. The zero-order valence-corrected chi connectivity index (χ0v) is 24.5. The molecule has 0 aliphatic carbocycles. The summed E-state index contributed by atoms with van der Waals surface area (Å²) >= 11 is 0. The molecule has 0 N–H and O–H groups in total. The van der Waals surface area contributed by atoms with Gasteiger partial charge in [-0.15, -0.1) is 0 Å². The molecule has 0 saturated carbocycles. The number of likely N-dealkylation sites (tertiary alicyclic amines) is 2. The molecule has 2 saturated heterocycles. The molecular formula is C32H39F2N7. The van der Waals surface area contributed by atoms with Crippen LogP contribution in [0.25, 0.3) is 22.2 Å². The van der Waals surface area contributed by atoms with Crippen LogP contribution in [-0.2, 0) is 13.0 Å². The Morgan fingerprint density at radius 1 is 0.878 bits per heavy atom. The highest BCUT2D eigenvalue weighted by Crippen LogP contribution is 2.41. The van der Waals surface area contributed by atoms with Crippen molar-refractivity contribution in [2.24, 2.45) is 5.41 Å². The van der Waals surface area contributed by atoms with E-state index >= 15 is 4.39 Å². The molecule has 2 aliphatic heterocycles. The number of imidazole rings is 1. The van der Waals surface area contributed by atoms with Crippen LogP contribution in [0.4, 0.5) is 8.78 Å². The number of rotatable bonds is 6. The first-order valence-electron chi connectivity index (χ1n) is 14.7. The molecule has 6 rings (SSSR count). The molecule has 2 fully saturated rings. The third kappa shape index (κ3) is 5.75. The van der Waals surface area contributed by atoms with Gasteiger partial charge in [-0.05, 0) is 109 Å². The van der Waals surface area contributed by atoms with Crippen LogP contribution < -0.4 is 0 Å². The van der Waals surface area contributed by atoms with Crippen LogP contribution in [0.5, 0.6) is 0 Å². The minimum Gasteiger partial charge on any atom is -0.326 e. The number of benzene rings is 1. The predicted octanol–water partition coefficient (Wildman–Crippen LogP) is 5.95. The maximum atomic E-state index is 15.0. The standard InChI is InChI=1S/C32H39F2N7/c1-21(2)41-22(3)38-31-27(33)13-24(14-29(31)41)26-15-25(35-19-28(26)34)16-30-36-17-23(18-37-30)20-40-11-7-32(8-12-40)5-9-39(4)10-6-32/h13-15,17-19,21H,5-12,16,20H2,1-4H3. The summed E-state index contributed by atoms with van der Waals surface area (Å²) in [6.45, 7) is 11.4. The highest BCUT2D eigenvalue weighted by atomic mass is 19.1. The third-order valence-electron chi connectivity index (χ3n) is 9.13. The van der Waals surface area contributed by atoms with Gasteiger partial charge in [-0.25, -0.2) is 23.7 Å². The summed E-state index contributed by atoms with van der Waals surface area (Å²) in [5.41, 5.74) is 3.97. The van der Waals surface area contributed by atoms with E-state index in [9.17, 15) is 4.39 Å². The van der Waals surface area contributed by atoms with E-state index in [2.05, 4.69) is 36.8 Å². The van der Waals surface area contributed by atoms with Gasteiger partial charge < -0.3 is 9.47 Å². The van der Waals surface area contributed by atoms with Gasteiger partial charge in [0.05, 0.1) is 18.1 Å². The van der Waals surface area contributed by atoms with Crippen molar-refractivity contribution in [3.63, 3.8) is 0 Å². The minimum absolute atomic E-state index is 0.0957. The first-order chi connectivity index (χ1) is 19.7. The van der Waals surface area contributed by atoms with Gasteiger partial charge in [0.15, 0.2) is 5.82 Å². The van der Waals surface area contributed by atoms with Crippen molar-refractivity contribution in [3.05, 3.63) is 71.3 Å². The Kier molecular flexibility index (Phi) is 7.59. The first-order valence-corrected chi connectivity index (χ1v) is 14.7. The first kappa shape index (κ1) is 27.8. The number of aromatic nitrogens is 5. The Morgan fingerprint density at radius 3 is 2.24 bits per heavy atom. The summed E-state index contributed by atoms with van der Waals surface area (Å²) in [6.07, 6.45) is 10.5. The maximum Gasteiger partial charge on any atom is 0.151 e. The number of hydrogen-bond acceptors (Lipinski definition) is 6. The molecule has 1 aromatic carbocycles. The number of nitrogens with zero attached hydrogens (tertiary/aromatic N) is 7. The fourth-order valence-electron chi connectivity index (χ4n) is 6.63.